The van der Waals surface area contributed by atoms with Crippen LogP contribution in [0.4, 0.5) is 0 Å². The molecule has 2 fully saturated rings. The zero-order chi connectivity index (χ0) is 30.3. The molecular formula is C36H63BrN4O2. The molecule has 0 aliphatic carbocycles. The number of likely N-dealkylation sites (tertiary alicyclic amines) is 2. The number of aryl methyl sites for hydroxylation is 1. The van der Waals surface area contributed by atoms with Crippen molar-refractivity contribution in [2.24, 2.45) is 11.8 Å². The van der Waals surface area contributed by atoms with E-state index in [0.717, 1.165) is 129 Å². The standard InChI is InChI=1S/C36H62N4O2.BrH/c1-6-10-22-37(23-11-7-2)35(41)32-16-14-26-39(28-32)34(31-20-18-30(5)19-21-31)40-27-15-17-33(29-40)36(42)38(24-12-8-3)25-13-9-4;/h18-21,32-34H,6-17,22-29H2,1-5H3;1H. The molecule has 2 unspecified atom stereocenters. The van der Waals surface area contributed by atoms with Crippen LogP contribution in [0.5, 0.6) is 0 Å². The summed E-state index contributed by atoms with van der Waals surface area (Å²) in [6.07, 6.45) is 12.9. The lowest BCUT2D eigenvalue weighted by Crippen LogP contribution is -2.53. The summed E-state index contributed by atoms with van der Waals surface area (Å²) in [5, 5.41) is 0. The Morgan fingerprint density at radius 2 is 1.07 bits per heavy atom. The van der Waals surface area contributed by atoms with Crippen LogP contribution in [0.2, 0.25) is 0 Å². The van der Waals surface area contributed by atoms with Crippen molar-refractivity contribution >= 4 is 28.8 Å². The van der Waals surface area contributed by atoms with Crippen LogP contribution in [-0.4, -0.2) is 83.8 Å². The van der Waals surface area contributed by atoms with Gasteiger partial charge in [0.05, 0.1) is 18.0 Å². The molecule has 2 atom stereocenters. The van der Waals surface area contributed by atoms with Crippen LogP contribution in [0.3, 0.4) is 0 Å². The maximum atomic E-state index is 13.9. The minimum atomic E-state index is 0. The van der Waals surface area contributed by atoms with Crippen molar-refractivity contribution in [2.75, 3.05) is 52.4 Å². The van der Waals surface area contributed by atoms with Crippen molar-refractivity contribution in [3.8, 4) is 0 Å². The summed E-state index contributed by atoms with van der Waals surface area (Å²) < 4.78 is 0. The first-order chi connectivity index (χ1) is 20.4. The van der Waals surface area contributed by atoms with E-state index in [1.54, 1.807) is 0 Å². The lowest BCUT2D eigenvalue weighted by molar-refractivity contribution is -0.140. The van der Waals surface area contributed by atoms with Gasteiger partial charge in [0.15, 0.2) is 0 Å². The average Bonchev–Trinajstić information content (AvgIpc) is 3.02. The van der Waals surface area contributed by atoms with E-state index in [2.05, 4.69) is 78.5 Å². The lowest BCUT2D eigenvalue weighted by atomic mass is 9.92. The summed E-state index contributed by atoms with van der Waals surface area (Å²) in [6.45, 7) is 18.1. The van der Waals surface area contributed by atoms with E-state index in [9.17, 15) is 9.59 Å². The van der Waals surface area contributed by atoms with E-state index in [1.165, 1.54) is 11.1 Å². The van der Waals surface area contributed by atoms with Gasteiger partial charge in [-0.25, -0.2) is 0 Å². The molecule has 1 aromatic carbocycles. The third-order valence-corrected chi connectivity index (χ3v) is 9.42. The maximum Gasteiger partial charge on any atom is 0.226 e. The summed E-state index contributed by atoms with van der Waals surface area (Å²) in [4.78, 5) is 37.2. The first kappa shape index (κ1) is 37.7. The minimum absolute atomic E-state index is 0. The highest BCUT2D eigenvalue weighted by atomic mass is 79.9. The van der Waals surface area contributed by atoms with E-state index in [-0.39, 0.29) is 35.0 Å². The molecule has 1 aromatic rings. The number of piperidine rings is 2. The largest absolute Gasteiger partial charge is 0.342 e. The Balaban J connectivity index is 0.00000645. The van der Waals surface area contributed by atoms with Gasteiger partial charge in [-0.15, -0.1) is 17.0 Å². The number of unbranched alkanes of at least 4 members (excludes halogenated alkanes) is 4. The SMILES string of the molecule is Br.CCCCN(CCCC)C(=O)C1CCCN(C(c2ccc(C)cc2)N2CCCC(C(=O)N(CCCC)CCCC)C2)C1. The van der Waals surface area contributed by atoms with Gasteiger partial charge in [-0.2, -0.15) is 0 Å². The van der Waals surface area contributed by atoms with Gasteiger partial charge in [-0.05, 0) is 63.9 Å². The van der Waals surface area contributed by atoms with Crippen LogP contribution in [0.15, 0.2) is 24.3 Å². The highest BCUT2D eigenvalue weighted by molar-refractivity contribution is 8.93. The summed E-state index contributed by atoms with van der Waals surface area (Å²) in [5.74, 6) is 0.833. The molecule has 7 heteroatoms. The Morgan fingerprint density at radius 3 is 1.42 bits per heavy atom. The first-order valence-electron chi connectivity index (χ1n) is 17.6. The predicted octanol–water partition coefficient (Wildman–Crippen LogP) is 7.85. The quantitative estimate of drug-likeness (QED) is 0.170. The summed E-state index contributed by atoms with van der Waals surface area (Å²) in [6, 6.07) is 8.99. The van der Waals surface area contributed by atoms with Gasteiger partial charge in [0.25, 0.3) is 0 Å². The van der Waals surface area contributed by atoms with Gasteiger partial charge in [-0.3, -0.25) is 19.4 Å². The zero-order valence-electron chi connectivity index (χ0n) is 28.2. The summed E-state index contributed by atoms with van der Waals surface area (Å²) >= 11 is 0. The maximum absolute atomic E-state index is 13.9. The fraction of sp³-hybridized carbons (Fsp3) is 0.778. The number of carbonyl (C=O) groups is 2. The van der Waals surface area contributed by atoms with Crippen molar-refractivity contribution < 1.29 is 9.59 Å². The van der Waals surface area contributed by atoms with Gasteiger partial charge in [0, 0.05) is 52.4 Å². The fourth-order valence-electron chi connectivity index (χ4n) is 6.83. The molecule has 2 heterocycles. The smallest absolute Gasteiger partial charge is 0.226 e. The second-order valence-corrected chi connectivity index (χ2v) is 13.0. The summed E-state index contributed by atoms with van der Waals surface area (Å²) in [5.41, 5.74) is 2.56. The van der Waals surface area contributed by atoms with Gasteiger partial charge >= 0.3 is 0 Å². The number of amides is 2. The third-order valence-electron chi connectivity index (χ3n) is 9.42. The van der Waals surface area contributed by atoms with Crippen molar-refractivity contribution in [3.05, 3.63) is 35.4 Å². The van der Waals surface area contributed by atoms with Gasteiger partial charge in [0.2, 0.25) is 11.8 Å². The fourth-order valence-corrected chi connectivity index (χ4v) is 6.83. The minimum Gasteiger partial charge on any atom is -0.342 e. The van der Waals surface area contributed by atoms with E-state index in [0.29, 0.717) is 11.8 Å². The molecule has 0 radical (unpaired) electrons. The molecule has 0 bridgehead atoms. The van der Waals surface area contributed by atoms with Gasteiger partial charge < -0.3 is 9.80 Å². The van der Waals surface area contributed by atoms with Crippen molar-refractivity contribution in [1.29, 1.82) is 0 Å². The molecule has 0 spiro atoms. The second-order valence-electron chi connectivity index (χ2n) is 13.0. The Labute approximate surface area is 274 Å². The topological polar surface area (TPSA) is 47.1 Å². The molecular weight excluding hydrogens is 600 g/mol. The van der Waals surface area contributed by atoms with Crippen LogP contribution >= 0.6 is 17.0 Å². The molecule has 2 amide bonds. The van der Waals surface area contributed by atoms with E-state index in [4.69, 9.17) is 0 Å². The third kappa shape index (κ3) is 11.5. The normalized spacial score (nSPS) is 20.3. The monoisotopic (exact) mass is 662 g/mol. The highest BCUT2D eigenvalue weighted by Crippen LogP contribution is 2.34. The predicted molar refractivity (Wildman–Crippen MR) is 186 cm³/mol. The number of hydrogen-bond donors (Lipinski definition) is 0. The molecule has 2 aliphatic heterocycles. The first-order valence-corrected chi connectivity index (χ1v) is 17.6. The van der Waals surface area contributed by atoms with E-state index in [1.807, 2.05) is 0 Å². The number of nitrogens with zero attached hydrogens (tertiary/aromatic N) is 4. The second kappa shape index (κ2) is 20.6. The Hall–Kier alpha value is -1.44. The number of hydrogen-bond acceptors (Lipinski definition) is 4. The van der Waals surface area contributed by atoms with Gasteiger partial charge in [-0.1, -0.05) is 83.2 Å². The van der Waals surface area contributed by atoms with Crippen LogP contribution in [0.1, 0.15) is 122 Å². The van der Waals surface area contributed by atoms with Crippen molar-refractivity contribution in [2.45, 2.75) is 118 Å². The molecule has 43 heavy (non-hydrogen) atoms. The molecule has 6 nitrogen and oxygen atoms in total. The van der Waals surface area contributed by atoms with E-state index >= 15 is 0 Å². The molecule has 2 saturated heterocycles. The van der Waals surface area contributed by atoms with Crippen LogP contribution in [-0.2, 0) is 9.59 Å². The molecule has 3 rings (SSSR count). The van der Waals surface area contributed by atoms with Crippen molar-refractivity contribution in [3.63, 3.8) is 0 Å². The molecule has 2 aliphatic rings. The van der Waals surface area contributed by atoms with Gasteiger partial charge in [0.1, 0.15) is 0 Å². The highest BCUT2D eigenvalue weighted by Gasteiger charge is 2.38. The summed E-state index contributed by atoms with van der Waals surface area (Å²) in [7, 11) is 0. The molecule has 0 aromatic heterocycles. The lowest BCUT2D eigenvalue weighted by Gasteiger charge is -2.46. The Kier molecular flexibility index (Phi) is 18.1. The number of carbonyl (C=O) groups excluding carboxylic acids is 2. The van der Waals surface area contributed by atoms with Crippen molar-refractivity contribution in [1.82, 2.24) is 19.6 Å². The molecule has 0 saturated carbocycles. The van der Waals surface area contributed by atoms with Crippen LogP contribution in [0.25, 0.3) is 0 Å². The number of rotatable bonds is 17. The van der Waals surface area contributed by atoms with Crippen LogP contribution < -0.4 is 0 Å². The zero-order valence-corrected chi connectivity index (χ0v) is 29.9. The Bertz CT molecular complexity index is 858. The van der Waals surface area contributed by atoms with Crippen LogP contribution in [0, 0.1) is 18.8 Å². The number of benzene rings is 1. The number of halogens is 1. The Morgan fingerprint density at radius 1 is 0.698 bits per heavy atom. The molecule has 246 valence electrons. The molecule has 0 N–H and O–H groups in total. The van der Waals surface area contributed by atoms with E-state index < -0.39 is 0 Å². The average molecular weight is 664 g/mol.